The summed E-state index contributed by atoms with van der Waals surface area (Å²) < 4.78 is 2.16. The SMILES string of the molecule is O=C(NCc1cccc(Br)c1)c1cc2ccccc2s1. The molecule has 1 amide bonds. The monoisotopic (exact) mass is 345 g/mol. The lowest BCUT2D eigenvalue weighted by molar-refractivity contribution is 0.0955. The third-order valence-corrected chi connectivity index (χ3v) is 4.60. The molecule has 0 aliphatic heterocycles. The Bertz CT molecular complexity index is 733. The average Bonchev–Trinajstić information content (AvgIpc) is 2.89. The van der Waals surface area contributed by atoms with Gasteiger partial charge >= 0.3 is 0 Å². The molecule has 1 N–H and O–H groups in total. The van der Waals surface area contributed by atoms with Gasteiger partial charge in [0.25, 0.3) is 5.91 Å². The molecule has 20 heavy (non-hydrogen) atoms. The number of carbonyl (C=O) groups is 1. The normalized spacial score (nSPS) is 10.7. The van der Waals surface area contributed by atoms with Gasteiger partial charge in [-0.1, -0.05) is 46.3 Å². The Labute approximate surface area is 129 Å². The summed E-state index contributed by atoms with van der Waals surface area (Å²) in [5.41, 5.74) is 1.08. The average molecular weight is 346 g/mol. The minimum Gasteiger partial charge on any atom is -0.347 e. The lowest BCUT2D eigenvalue weighted by Gasteiger charge is -2.04. The summed E-state index contributed by atoms with van der Waals surface area (Å²) in [5.74, 6) is -0.0221. The van der Waals surface area contributed by atoms with Gasteiger partial charge in [-0.2, -0.15) is 0 Å². The van der Waals surface area contributed by atoms with Crippen molar-refractivity contribution >= 4 is 43.3 Å². The standard InChI is InChI=1S/C16H12BrNOS/c17-13-6-3-4-11(8-13)10-18-16(19)15-9-12-5-1-2-7-14(12)20-15/h1-9H,10H2,(H,18,19). The Morgan fingerprint density at radius 2 is 1.95 bits per heavy atom. The van der Waals surface area contributed by atoms with E-state index in [1.54, 1.807) is 0 Å². The van der Waals surface area contributed by atoms with E-state index in [0.29, 0.717) is 6.54 Å². The van der Waals surface area contributed by atoms with Crippen LogP contribution in [-0.2, 0) is 6.54 Å². The van der Waals surface area contributed by atoms with Gasteiger partial charge in [0.1, 0.15) is 0 Å². The molecular weight excluding hydrogens is 334 g/mol. The highest BCUT2D eigenvalue weighted by Gasteiger charge is 2.09. The fraction of sp³-hybridized carbons (Fsp3) is 0.0625. The summed E-state index contributed by atoms with van der Waals surface area (Å²) in [5, 5.41) is 4.07. The zero-order valence-electron chi connectivity index (χ0n) is 10.6. The topological polar surface area (TPSA) is 29.1 Å². The van der Waals surface area contributed by atoms with E-state index in [1.165, 1.54) is 11.3 Å². The number of halogens is 1. The van der Waals surface area contributed by atoms with Crippen LogP contribution in [0.25, 0.3) is 10.1 Å². The first-order valence-corrected chi connectivity index (χ1v) is 7.84. The number of rotatable bonds is 3. The Kier molecular flexibility index (Phi) is 3.85. The van der Waals surface area contributed by atoms with E-state index in [0.717, 1.165) is 25.0 Å². The fourth-order valence-corrected chi connectivity index (χ4v) is 3.44. The number of fused-ring (bicyclic) bond motifs is 1. The van der Waals surface area contributed by atoms with Gasteiger partial charge in [0.15, 0.2) is 0 Å². The zero-order valence-corrected chi connectivity index (χ0v) is 13.0. The van der Waals surface area contributed by atoms with E-state index in [2.05, 4.69) is 21.2 Å². The Morgan fingerprint density at radius 1 is 1.10 bits per heavy atom. The molecule has 1 aromatic heterocycles. The van der Waals surface area contributed by atoms with E-state index in [9.17, 15) is 4.79 Å². The molecule has 0 aliphatic rings. The van der Waals surface area contributed by atoms with Crippen LogP contribution in [0.1, 0.15) is 15.2 Å². The van der Waals surface area contributed by atoms with E-state index >= 15 is 0 Å². The van der Waals surface area contributed by atoms with Crippen LogP contribution < -0.4 is 5.32 Å². The maximum absolute atomic E-state index is 12.2. The van der Waals surface area contributed by atoms with Crippen LogP contribution in [0.4, 0.5) is 0 Å². The summed E-state index contributed by atoms with van der Waals surface area (Å²) in [6.45, 7) is 0.534. The van der Waals surface area contributed by atoms with Crippen LogP contribution >= 0.6 is 27.3 Å². The lowest BCUT2D eigenvalue weighted by atomic mass is 10.2. The molecular formula is C16H12BrNOS. The molecule has 2 nitrogen and oxygen atoms in total. The predicted molar refractivity (Wildman–Crippen MR) is 87.1 cm³/mol. The molecule has 0 bridgehead atoms. The smallest absolute Gasteiger partial charge is 0.261 e. The van der Waals surface area contributed by atoms with Crippen LogP contribution in [0, 0.1) is 0 Å². The van der Waals surface area contributed by atoms with E-state index < -0.39 is 0 Å². The van der Waals surface area contributed by atoms with E-state index in [4.69, 9.17) is 0 Å². The van der Waals surface area contributed by atoms with Crippen LogP contribution in [-0.4, -0.2) is 5.91 Å². The van der Waals surface area contributed by atoms with Crippen LogP contribution in [0.5, 0.6) is 0 Å². The van der Waals surface area contributed by atoms with Gasteiger partial charge < -0.3 is 5.32 Å². The first-order chi connectivity index (χ1) is 9.72. The number of hydrogen-bond donors (Lipinski definition) is 1. The second-order valence-corrected chi connectivity index (χ2v) is 6.46. The molecule has 1 heterocycles. The third kappa shape index (κ3) is 2.92. The number of benzene rings is 2. The molecule has 0 fully saturated rings. The molecule has 3 aromatic rings. The van der Waals surface area contributed by atoms with Crippen LogP contribution in [0.15, 0.2) is 59.1 Å². The number of nitrogens with one attached hydrogen (secondary N) is 1. The van der Waals surface area contributed by atoms with Crippen molar-refractivity contribution in [1.29, 1.82) is 0 Å². The van der Waals surface area contributed by atoms with Crippen molar-refractivity contribution < 1.29 is 4.79 Å². The maximum atomic E-state index is 12.2. The lowest BCUT2D eigenvalue weighted by Crippen LogP contribution is -2.21. The van der Waals surface area contributed by atoms with Crippen molar-refractivity contribution in [2.45, 2.75) is 6.54 Å². The molecule has 3 rings (SSSR count). The van der Waals surface area contributed by atoms with Crippen molar-refractivity contribution in [3.8, 4) is 0 Å². The highest BCUT2D eigenvalue weighted by atomic mass is 79.9. The molecule has 100 valence electrons. The van der Waals surface area contributed by atoms with Crippen molar-refractivity contribution in [3.05, 3.63) is 69.5 Å². The van der Waals surface area contributed by atoms with E-state index in [1.807, 2.05) is 54.6 Å². The highest BCUT2D eigenvalue weighted by Crippen LogP contribution is 2.25. The molecule has 0 spiro atoms. The van der Waals surface area contributed by atoms with Crippen LogP contribution in [0.2, 0.25) is 0 Å². The van der Waals surface area contributed by atoms with Gasteiger partial charge in [-0.3, -0.25) is 4.79 Å². The number of hydrogen-bond acceptors (Lipinski definition) is 2. The third-order valence-electron chi connectivity index (χ3n) is 2.99. The Morgan fingerprint density at radius 3 is 2.75 bits per heavy atom. The summed E-state index contributed by atoms with van der Waals surface area (Å²) in [6.07, 6.45) is 0. The molecule has 0 saturated carbocycles. The minimum atomic E-state index is -0.0221. The van der Waals surface area contributed by atoms with Crippen molar-refractivity contribution in [2.24, 2.45) is 0 Å². The molecule has 4 heteroatoms. The number of amides is 1. The first kappa shape index (κ1) is 13.3. The summed E-state index contributed by atoms with van der Waals surface area (Å²) >= 11 is 4.95. The summed E-state index contributed by atoms with van der Waals surface area (Å²) in [7, 11) is 0. The van der Waals surface area contributed by atoms with Gasteiger partial charge in [0.2, 0.25) is 0 Å². The van der Waals surface area contributed by atoms with Crippen molar-refractivity contribution in [1.82, 2.24) is 5.32 Å². The molecule has 0 atom stereocenters. The maximum Gasteiger partial charge on any atom is 0.261 e. The Hall–Kier alpha value is -1.65. The fourth-order valence-electron chi connectivity index (χ4n) is 2.01. The highest BCUT2D eigenvalue weighted by molar-refractivity contribution is 9.10. The molecule has 0 unspecified atom stereocenters. The first-order valence-electron chi connectivity index (χ1n) is 6.23. The molecule has 2 aromatic carbocycles. The second-order valence-electron chi connectivity index (χ2n) is 4.46. The van der Waals surface area contributed by atoms with Gasteiger partial charge in [-0.05, 0) is 35.2 Å². The summed E-state index contributed by atoms with van der Waals surface area (Å²) in [4.78, 5) is 12.9. The van der Waals surface area contributed by atoms with Crippen molar-refractivity contribution in [2.75, 3.05) is 0 Å². The summed E-state index contributed by atoms with van der Waals surface area (Å²) in [6, 6.07) is 17.9. The van der Waals surface area contributed by atoms with Crippen molar-refractivity contribution in [3.63, 3.8) is 0 Å². The van der Waals surface area contributed by atoms with E-state index in [-0.39, 0.29) is 5.91 Å². The second kappa shape index (κ2) is 5.77. The predicted octanol–water partition coefficient (Wildman–Crippen LogP) is 4.59. The quantitative estimate of drug-likeness (QED) is 0.738. The van der Waals surface area contributed by atoms with Gasteiger partial charge in [-0.15, -0.1) is 11.3 Å². The van der Waals surface area contributed by atoms with Gasteiger partial charge in [0.05, 0.1) is 4.88 Å². The van der Waals surface area contributed by atoms with Gasteiger partial charge in [-0.25, -0.2) is 0 Å². The molecule has 0 saturated heterocycles. The molecule has 0 radical (unpaired) electrons. The zero-order chi connectivity index (χ0) is 13.9. The van der Waals surface area contributed by atoms with Crippen LogP contribution in [0.3, 0.4) is 0 Å². The Balaban J connectivity index is 1.73. The number of thiophene rings is 1. The molecule has 0 aliphatic carbocycles. The minimum absolute atomic E-state index is 0.0221. The largest absolute Gasteiger partial charge is 0.347 e. The number of carbonyl (C=O) groups excluding carboxylic acids is 1. The van der Waals surface area contributed by atoms with Gasteiger partial charge in [0, 0.05) is 15.7 Å².